The molecule has 0 radical (unpaired) electrons. The van der Waals surface area contributed by atoms with Crippen LogP contribution in [0.5, 0.6) is 0 Å². The molecule has 1 atom stereocenters. The molecule has 82 valence electrons. The third-order valence-corrected chi connectivity index (χ3v) is 2.79. The van der Waals surface area contributed by atoms with Crippen molar-refractivity contribution >= 4 is 5.97 Å². The topological polar surface area (TPSA) is 63.3 Å². The highest BCUT2D eigenvalue weighted by molar-refractivity contribution is 5.69. The van der Waals surface area contributed by atoms with E-state index in [4.69, 9.17) is 10.8 Å². The zero-order valence-corrected chi connectivity index (χ0v) is 9.10. The van der Waals surface area contributed by atoms with Gasteiger partial charge in [0.15, 0.2) is 0 Å². The first-order valence-electron chi connectivity index (χ1n) is 5.03. The second-order valence-electron chi connectivity index (χ2n) is 4.13. The summed E-state index contributed by atoms with van der Waals surface area (Å²) in [4.78, 5) is 10.8. The smallest absolute Gasteiger partial charge is 0.305 e. The monoisotopic (exact) mass is 207 g/mol. The van der Waals surface area contributed by atoms with Crippen LogP contribution in [0.15, 0.2) is 30.3 Å². The Morgan fingerprint density at radius 2 is 1.93 bits per heavy atom. The van der Waals surface area contributed by atoms with E-state index in [1.165, 1.54) is 0 Å². The Balaban J connectivity index is 3.07. The van der Waals surface area contributed by atoms with Crippen molar-refractivity contribution in [2.45, 2.75) is 25.8 Å². The van der Waals surface area contributed by atoms with Crippen LogP contribution in [-0.2, 0) is 10.3 Å². The van der Waals surface area contributed by atoms with Crippen LogP contribution < -0.4 is 5.73 Å². The van der Waals surface area contributed by atoms with Crippen molar-refractivity contribution in [3.8, 4) is 0 Å². The van der Waals surface area contributed by atoms with Gasteiger partial charge in [-0.25, -0.2) is 0 Å². The van der Waals surface area contributed by atoms with E-state index in [1.54, 1.807) is 0 Å². The molecule has 0 aromatic heterocycles. The average molecular weight is 207 g/mol. The van der Waals surface area contributed by atoms with E-state index >= 15 is 0 Å². The number of nitrogens with two attached hydrogens (primary N) is 1. The van der Waals surface area contributed by atoms with Gasteiger partial charge in [0.2, 0.25) is 0 Å². The summed E-state index contributed by atoms with van der Waals surface area (Å²) in [5, 5.41) is 8.88. The molecular weight excluding hydrogens is 190 g/mol. The van der Waals surface area contributed by atoms with Crippen LogP contribution in [-0.4, -0.2) is 11.1 Å². The van der Waals surface area contributed by atoms with Gasteiger partial charge in [-0.2, -0.15) is 0 Å². The molecule has 0 aliphatic rings. The summed E-state index contributed by atoms with van der Waals surface area (Å²) in [7, 11) is 0. The van der Waals surface area contributed by atoms with Crippen molar-refractivity contribution < 1.29 is 9.90 Å². The Kier molecular flexibility index (Phi) is 3.48. The van der Waals surface area contributed by atoms with Crippen LogP contribution in [0.3, 0.4) is 0 Å². The third-order valence-electron chi connectivity index (χ3n) is 2.79. The lowest BCUT2D eigenvalue weighted by Crippen LogP contribution is -2.43. The van der Waals surface area contributed by atoms with Gasteiger partial charge in [-0.15, -0.1) is 0 Å². The van der Waals surface area contributed by atoms with Crippen molar-refractivity contribution in [2.75, 3.05) is 0 Å². The molecule has 0 fully saturated rings. The quantitative estimate of drug-likeness (QED) is 0.793. The molecule has 0 saturated heterocycles. The summed E-state index contributed by atoms with van der Waals surface area (Å²) in [6.07, 6.45) is -0.0469. The molecule has 1 aromatic carbocycles. The summed E-state index contributed by atoms with van der Waals surface area (Å²) in [5.74, 6) is -0.786. The lowest BCUT2D eigenvalue weighted by molar-refractivity contribution is -0.139. The lowest BCUT2D eigenvalue weighted by Gasteiger charge is -2.32. The van der Waals surface area contributed by atoms with Crippen LogP contribution in [0.4, 0.5) is 0 Å². The van der Waals surface area contributed by atoms with Crippen LogP contribution >= 0.6 is 0 Å². The molecule has 0 aliphatic carbocycles. The van der Waals surface area contributed by atoms with Crippen LogP contribution in [0.25, 0.3) is 0 Å². The summed E-state index contributed by atoms with van der Waals surface area (Å²) in [5.41, 5.74) is 6.27. The summed E-state index contributed by atoms with van der Waals surface area (Å²) in [6, 6.07) is 9.40. The van der Waals surface area contributed by atoms with E-state index in [-0.39, 0.29) is 12.3 Å². The molecule has 0 saturated carbocycles. The molecule has 15 heavy (non-hydrogen) atoms. The molecule has 0 heterocycles. The van der Waals surface area contributed by atoms with Crippen molar-refractivity contribution in [3.05, 3.63) is 35.9 Å². The fourth-order valence-corrected chi connectivity index (χ4v) is 1.64. The minimum atomic E-state index is -0.866. The first-order valence-corrected chi connectivity index (χ1v) is 5.03. The van der Waals surface area contributed by atoms with Crippen molar-refractivity contribution in [3.63, 3.8) is 0 Å². The minimum absolute atomic E-state index is 0.0469. The number of hydrogen-bond acceptors (Lipinski definition) is 2. The maximum Gasteiger partial charge on any atom is 0.305 e. The van der Waals surface area contributed by atoms with Crippen LogP contribution in [0.2, 0.25) is 0 Å². The molecule has 0 amide bonds. The first-order chi connectivity index (χ1) is 6.97. The molecule has 3 heteroatoms. The summed E-state index contributed by atoms with van der Waals surface area (Å²) in [6.45, 7) is 3.88. The van der Waals surface area contributed by atoms with Gasteiger partial charge in [-0.05, 0) is 11.5 Å². The maximum atomic E-state index is 10.8. The van der Waals surface area contributed by atoms with Crippen LogP contribution in [0.1, 0.15) is 25.8 Å². The third kappa shape index (κ3) is 2.57. The highest BCUT2D eigenvalue weighted by Crippen LogP contribution is 2.30. The highest BCUT2D eigenvalue weighted by Gasteiger charge is 2.33. The van der Waals surface area contributed by atoms with E-state index in [9.17, 15) is 4.79 Å². The molecule has 0 unspecified atom stereocenters. The average Bonchev–Trinajstić information content (AvgIpc) is 2.17. The number of benzene rings is 1. The molecular formula is C12H17NO2. The molecule has 1 aromatic rings. The Morgan fingerprint density at radius 1 is 1.40 bits per heavy atom. The molecule has 0 aliphatic heterocycles. The van der Waals surface area contributed by atoms with Gasteiger partial charge in [-0.1, -0.05) is 44.2 Å². The predicted octanol–water partition coefficient (Wildman–Crippen LogP) is 1.97. The standard InChI is InChI=1S/C12H17NO2/c1-9(2)12(13,8-11(14)15)10-6-4-3-5-7-10/h3-7,9H,8,13H2,1-2H3,(H,14,15)/t12-/m1/s1. The van der Waals surface area contributed by atoms with Gasteiger partial charge >= 0.3 is 5.97 Å². The van der Waals surface area contributed by atoms with Gasteiger partial charge < -0.3 is 10.8 Å². The Morgan fingerprint density at radius 3 is 2.33 bits per heavy atom. The van der Waals surface area contributed by atoms with Gasteiger partial charge in [-0.3, -0.25) is 4.79 Å². The van der Waals surface area contributed by atoms with E-state index in [2.05, 4.69) is 0 Å². The molecule has 1 rings (SSSR count). The summed E-state index contributed by atoms with van der Waals surface area (Å²) >= 11 is 0. The van der Waals surface area contributed by atoms with Gasteiger partial charge in [0.25, 0.3) is 0 Å². The number of carboxylic acids is 1. The SMILES string of the molecule is CC(C)[C@](N)(CC(=O)O)c1ccccc1. The first kappa shape index (κ1) is 11.7. The van der Waals surface area contributed by atoms with Gasteiger partial charge in [0, 0.05) is 0 Å². The van der Waals surface area contributed by atoms with Crippen molar-refractivity contribution in [2.24, 2.45) is 11.7 Å². The molecule has 3 N–H and O–H groups in total. The fraction of sp³-hybridized carbons (Fsp3) is 0.417. The second-order valence-corrected chi connectivity index (χ2v) is 4.13. The maximum absolute atomic E-state index is 10.8. The van der Waals surface area contributed by atoms with Crippen molar-refractivity contribution in [1.82, 2.24) is 0 Å². The van der Waals surface area contributed by atoms with Gasteiger partial charge in [0.1, 0.15) is 0 Å². The number of carboxylic acid groups (broad SMARTS) is 1. The summed E-state index contributed by atoms with van der Waals surface area (Å²) < 4.78 is 0. The largest absolute Gasteiger partial charge is 0.481 e. The van der Waals surface area contributed by atoms with Gasteiger partial charge in [0.05, 0.1) is 12.0 Å². The lowest BCUT2D eigenvalue weighted by atomic mass is 9.78. The van der Waals surface area contributed by atoms with E-state index in [0.29, 0.717) is 0 Å². The Labute approximate surface area is 89.9 Å². The molecule has 0 bridgehead atoms. The predicted molar refractivity (Wildman–Crippen MR) is 59.4 cm³/mol. The number of carbonyl (C=O) groups is 1. The van der Waals surface area contributed by atoms with Crippen molar-refractivity contribution in [1.29, 1.82) is 0 Å². The number of aliphatic carboxylic acids is 1. The molecule has 0 spiro atoms. The van der Waals surface area contributed by atoms with Crippen LogP contribution in [0, 0.1) is 5.92 Å². The second kappa shape index (κ2) is 4.45. The molecule has 3 nitrogen and oxygen atoms in total. The highest BCUT2D eigenvalue weighted by atomic mass is 16.4. The minimum Gasteiger partial charge on any atom is -0.481 e. The van der Waals surface area contributed by atoms with E-state index in [1.807, 2.05) is 44.2 Å². The number of hydrogen-bond donors (Lipinski definition) is 2. The normalized spacial score (nSPS) is 14.9. The van der Waals surface area contributed by atoms with E-state index < -0.39 is 11.5 Å². The number of rotatable bonds is 4. The fourth-order valence-electron chi connectivity index (χ4n) is 1.64. The Bertz CT molecular complexity index is 335. The zero-order chi connectivity index (χ0) is 11.5. The Hall–Kier alpha value is -1.35. The zero-order valence-electron chi connectivity index (χ0n) is 9.10. The van der Waals surface area contributed by atoms with E-state index in [0.717, 1.165) is 5.56 Å².